The quantitative estimate of drug-likeness (QED) is 0.891. The van der Waals surface area contributed by atoms with E-state index in [1.807, 2.05) is 12.5 Å². The second-order valence-corrected chi connectivity index (χ2v) is 4.99. The van der Waals surface area contributed by atoms with Crippen molar-refractivity contribution < 1.29 is 0 Å². The Bertz CT molecular complexity index is 483. The lowest BCUT2D eigenvalue weighted by atomic mass is 10.1. The summed E-state index contributed by atoms with van der Waals surface area (Å²) in [5.74, 6) is 0.830. The van der Waals surface area contributed by atoms with Crippen molar-refractivity contribution in [3.05, 3.63) is 42.9 Å². The van der Waals surface area contributed by atoms with Gasteiger partial charge in [-0.15, -0.1) is 0 Å². The van der Waals surface area contributed by atoms with E-state index in [1.54, 1.807) is 0 Å². The van der Waals surface area contributed by atoms with Crippen LogP contribution >= 0.6 is 0 Å². The van der Waals surface area contributed by atoms with Gasteiger partial charge in [0.2, 0.25) is 0 Å². The molecule has 1 aliphatic heterocycles. The van der Waals surface area contributed by atoms with Gasteiger partial charge in [0.25, 0.3) is 0 Å². The molecule has 1 aromatic heterocycles. The minimum atomic E-state index is 0.830. The highest BCUT2D eigenvalue weighted by atomic mass is 15.0. The van der Waals surface area contributed by atoms with Gasteiger partial charge in [0.1, 0.15) is 0 Å². The van der Waals surface area contributed by atoms with Crippen molar-refractivity contribution in [2.24, 2.45) is 5.92 Å². The molecule has 3 rings (SSSR count). The Morgan fingerprint density at radius 1 is 1.28 bits per heavy atom. The van der Waals surface area contributed by atoms with Gasteiger partial charge >= 0.3 is 0 Å². The highest BCUT2D eigenvalue weighted by molar-refractivity contribution is 5.58. The van der Waals surface area contributed by atoms with Crippen LogP contribution in [-0.2, 0) is 6.54 Å². The van der Waals surface area contributed by atoms with Crippen molar-refractivity contribution >= 4 is 0 Å². The van der Waals surface area contributed by atoms with Crippen LogP contribution in [0.4, 0.5) is 0 Å². The van der Waals surface area contributed by atoms with E-state index in [-0.39, 0.29) is 0 Å². The molecular weight excluding hydrogens is 222 g/mol. The first-order chi connectivity index (χ1) is 8.93. The molecule has 0 radical (unpaired) electrons. The van der Waals surface area contributed by atoms with Crippen LogP contribution in [0.5, 0.6) is 0 Å². The van der Waals surface area contributed by atoms with Crippen molar-refractivity contribution in [3.63, 3.8) is 0 Å². The Labute approximate surface area is 108 Å². The van der Waals surface area contributed by atoms with Crippen LogP contribution in [0.25, 0.3) is 11.3 Å². The van der Waals surface area contributed by atoms with Gasteiger partial charge in [-0.2, -0.15) is 0 Å². The predicted molar refractivity (Wildman–Crippen MR) is 73.3 cm³/mol. The summed E-state index contributed by atoms with van der Waals surface area (Å²) in [6.07, 6.45) is 6.46. The van der Waals surface area contributed by atoms with Crippen LogP contribution in [0.1, 0.15) is 12.8 Å². The van der Waals surface area contributed by atoms with E-state index in [9.17, 15) is 0 Å². The Hall–Kier alpha value is -1.61. The van der Waals surface area contributed by atoms with E-state index < -0.39 is 0 Å². The van der Waals surface area contributed by atoms with Crippen LogP contribution in [0.3, 0.4) is 0 Å². The van der Waals surface area contributed by atoms with Gasteiger partial charge in [0, 0.05) is 6.54 Å². The lowest BCUT2D eigenvalue weighted by Crippen LogP contribution is -2.11. The summed E-state index contributed by atoms with van der Waals surface area (Å²) in [5, 5.41) is 3.42. The maximum atomic E-state index is 4.29. The van der Waals surface area contributed by atoms with Crippen LogP contribution in [0.15, 0.2) is 42.9 Å². The Morgan fingerprint density at radius 2 is 2.17 bits per heavy atom. The zero-order valence-electron chi connectivity index (χ0n) is 10.5. The molecule has 2 heterocycles. The van der Waals surface area contributed by atoms with Crippen LogP contribution in [0.2, 0.25) is 0 Å². The highest BCUT2D eigenvalue weighted by Gasteiger charge is 2.14. The van der Waals surface area contributed by atoms with Gasteiger partial charge in [-0.05, 0) is 37.4 Å². The summed E-state index contributed by atoms with van der Waals surface area (Å²) < 4.78 is 2.27. The number of hydrogen-bond donors (Lipinski definition) is 1. The smallest absolute Gasteiger partial charge is 0.0950 e. The molecule has 1 aliphatic rings. The van der Waals surface area contributed by atoms with Gasteiger partial charge in [-0.1, -0.05) is 30.3 Å². The molecule has 94 valence electrons. The largest absolute Gasteiger partial charge is 0.331 e. The monoisotopic (exact) mass is 241 g/mol. The molecular formula is C15H19N3. The molecule has 0 bridgehead atoms. The second kappa shape index (κ2) is 5.36. The Morgan fingerprint density at radius 3 is 2.94 bits per heavy atom. The number of imidazole rings is 1. The Balaban J connectivity index is 1.71. The number of rotatable bonds is 4. The molecule has 2 aromatic rings. The van der Waals surface area contributed by atoms with Crippen LogP contribution in [-0.4, -0.2) is 22.6 Å². The van der Waals surface area contributed by atoms with E-state index >= 15 is 0 Å². The molecule has 18 heavy (non-hydrogen) atoms. The van der Waals surface area contributed by atoms with E-state index in [2.05, 4.69) is 45.2 Å². The van der Waals surface area contributed by atoms with E-state index in [4.69, 9.17) is 0 Å². The zero-order valence-corrected chi connectivity index (χ0v) is 10.5. The molecule has 1 unspecified atom stereocenters. The molecule has 3 heteroatoms. The summed E-state index contributed by atoms with van der Waals surface area (Å²) in [6, 6.07) is 10.5. The highest BCUT2D eigenvalue weighted by Crippen LogP contribution is 2.20. The summed E-state index contributed by atoms with van der Waals surface area (Å²) in [5.41, 5.74) is 2.47. The summed E-state index contributed by atoms with van der Waals surface area (Å²) in [6.45, 7) is 3.42. The van der Waals surface area contributed by atoms with Crippen LogP contribution < -0.4 is 5.32 Å². The predicted octanol–water partition coefficient (Wildman–Crippen LogP) is 2.55. The third kappa shape index (κ3) is 2.46. The first-order valence-corrected chi connectivity index (χ1v) is 6.70. The van der Waals surface area contributed by atoms with Crippen molar-refractivity contribution in [1.82, 2.24) is 14.9 Å². The topological polar surface area (TPSA) is 29.9 Å². The minimum Gasteiger partial charge on any atom is -0.331 e. The second-order valence-electron chi connectivity index (χ2n) is 4.99. The molecule has 1 fully saturated rings. The van der Waals surface area contributed by atoms with Gasteiger partial charge < -0.3 is 9.88 Å². The zero-order chi connectivity index (χ0) is 12.2. The van der Waals surface area contributed by atoms with Gasteiger partial charge in [-0.25, -0.2) is 4.98 Å². The lowest BCUT2D eigenvalue weighted by molar-refractivity contribution is 0.481. The number of nitrogens with zero attached hydrogens (tertiary/aromatic N) is 2. The average molecular weight is 241 g/mol. The van der Waals surface area contributed by atoms with Crippen molar-refractivity contribution in [1.29, 1.82) is 0 Å². The SMILES string of the molecule is c1ccc(-c2cncn2CCC2CCNC2)cc1. The standard InChI is InChI=1S/C15H19N3/c1-2-4-14(5-3-1)15-11-17-12-18(15)9-7-13-6-8-16-10-13/h1-5,11-13,16H,6-10H2. The summed E-state index contributed by atoms with van der Waals surface area (Å²) >= 11 is 0. The van der Waals surface area contributed by atoms with Crippen LogP contribution in [0, 0.1) is 5.92 Å². The van der Waals surface area contributed by atoms with Gasteiger partial charge in [-0.3, -0.25) is 0 Å². The van der Waals surface area contributed by atoms with Crippen molar-refractivity contribution in [2.45, 2.75) is 19.4 Å². The third-order valence-electron chi connectivity index (χ3n) is 3.72. The molecule has 1 aromatic carbocycles. The molecule has 1 atom stereocenters. The molecule has 1 saturated heterocycles. The minimum absolute atomic E-state index is 0.830. The Kier molecular flexibility index (Phi) is 3.42. The summed E-state index contributed by atoms with van der Waals surface area (Å²) in [7, 11) is 0. The average Bonchev–Trinajstić information content (AvgIpc) is 3.09. The van der Waals surface area contributed by atoms with Crippen molar-refractivity contribution in [2.75, 3.05) is 13.1 Å². The lowest BCUT2D eigenvalue weighted by Gasteiger charge is -2.11. The number of hydrogen-bond acceptors (Lipinski definition) is 2. The van der Waals surface area contributed by atoms with Gasteiger partial charge in [0.05, 0.1) is 18.2 Å². The fourth-order valence-corrected chi connectivity index (χ4v) is 2.63. The number of aryl methyl sites for hydroxylation is 1. The number of aromatic nitrogens is 2. The molecule has 0 spiro atoms. The van der Waals surface area contributed by atoms with Crippen molar-refractivity contribution in [3.8, 4) is 11.3 Å². The molecule has 0 saturated carbocycles. The van der Waals surface area contributed by atoms with E-state index in [0.29, 0.717) is 0 Å². The molecule has 1 N–H and O–H groups in total. The third-order valence-corrected chi connectivity index (χ3v) is 3.72. The molecule has 0 amide bonds. The normalized spacial score (nSPS) is 19.2. The fourth-order valence-electron chi connectivity index (χ4n) is 2.63. The van der Waals surface area contributed by atoms with E-state index in [0.717, 1.165) is 12.5 Å². The maximum absolute atomic E-state index is 4.29. The maximum Gasteiger partial charge on any atom is 0.0950 e. The summed E-state index contributed by atoms with van der Waals surface area (Å²) in [4.78, 5) is 4.29. The van der Waals surface area contributed by atoms with E-state index in [1.165, 1.54) is 37.2 Å². The molecule has 0 aliphatic carbocycles. The first kappa shape index (κ1) is 11.5. The first-order valence-electron chi connectivity index (χ1n) is 6.70. The number of nitrogens with one attached hydrogen (secondary N) is 1. The van der Waals surface area contributed by atoms with Gasteiger partial charge in [0.15, 0.2) is 0 Å². The number of benzene rings is 1. The molecule has 3 nitrogen and oxygen atoms in total. The fraction of sp³-hybridized carbons (Fsp3) is 0.400.